The number of aliphatic hydroxyl groups excluding tert-OH is 10. The van der Waals surface area contributed by atoms with Gasteiger partial charge in [0.25, 0.3) is 0 Å². The lowest BCUT2D eigenvalue weighted by Gasteiger charge is -2.58. The fourth-order valence-electron chi connectivity index (χ4n) is 13.5. The Morgan fingerprint density at radius 2 is 1.40 bits per heavy atom. The number of rotatable bonds is 12. The van der Waals surface area contributed by atoms with Gasteiger partial charge in [0.1, 0.15) is 67.1 Å². The molecule has 7 fully saturated rings. The predicted octanol–water partition coefficient (Wildman–Crippen LogP) is -0.831. The Balaban J connectivity index is 0.885. The molecule has 0 bridgehead atoms. The number of aliphatic hydroxyl groups is 11. The average Bonchev–Trinajstić information content (AvgIpc) is 3.70. The third-order valence-electron chi connectivity index (χ3n) is 17.4. The minimum Gasteiger partial charge on any atom is -0.394 e. The van der Waals surface area contributed by atoms with Crippen LogP contribution in [-0.4, -0.2) is 186 Å². The topological polar surface area (TPSA) is 287 Å². The van der Waals surface area contributed by atoms with Gasteiger partial charge in [-0.3, -0.25) is 0 Å². The zero-order valence-electron chi connectivity index (χ0n) is 37.1. The maximum absolute atomic E-state index is 12.0. The van der Waals surface area contributed by atoms with Gasteiger partial charge in [-0.05, 0) is 98.7 Å². The Morgan fingerprint density at radius 1 is 0.746 bits per heavy atom. The van der Waals surface area contributed by atoms with Gasteiger partial charge >= 0.3 is 0 Å². The van der Waals surface area contributed by atoms with Crippen molar-refractivity contribution in [3.05, 3.63) is 11.6 Å². The molecule has 11 N–H and O–H groups in total. The number of hydrogen-bond acceptors (Lipinski definition) is 18. The van der Waals surface area contributed by atoms with Gasteiger partial charge in [-0.25, -0.2) is 0 Å². The van der Waals surface area contributed by atoms with Crippen LogP contribution in [-0.2, 0) is 33.2 Å². The van der Waals surface area contributed by atoms with E-state index in [1.54, 1.807) is 0 Å². The molecular formula is C45H74O18. The van der Waals surface area contributed by atoms with Crippen molar-refractivity contribution in [1.29, 1.82) is 0 Å². The minimum atomic E-state index is -1.65. The van der Waals surface area contributed by atoms with Crippen molar-refractivity contribution in [1.82, 2.24) is 0 Å². The molecule has 0 aromatic heterocycles. The number of allylic oxidation sites excluding steroid dienone is 1. The van der Waals surface area contributed by atoms with Crippen molar-refractivity contribution >= 4 is 0 Å². The lowest BCUT2D eigenvalue weighted by Crippen LogP contribution is -2.64. The molecule has 0 aromatic carbocycles. The molecule has 4 aliphatic carbocycles. The fraction of sp³-hybridized carbons (Fsp3) is 0.956. The Kier molecular flexibility index (Phi) is 14.2. The molecule has 8 aliphatic rings. The van der Waals surface area contributed by atoms with E-state index in [1.165, 1.54) is 12.5 Å². The van der Waals surface area contributed by atoms with Gasteiger partial charge < -0.3 is 89.3 Å². The zero-order valence-corrected chi connectivity index (χ0v) is 37.1. The highest BCUT2D eigenvalue weighted by atomic mass is 16.8. The third-order valence-corrected chi connectivity index (χ3v) is 17.4. The number of hydrogen-bond donors (Lipinski definition) is 11. The van der Waals surface area contributed by atoms with Gasteiger partial charge in [0.05, 0.1) is 38.1 Å². The summed E-state index contributed by atoms with van der Waals surface area (Å²) in [6.45, 7) is 9.43. The van der Waals surface area contributed by atoms with Crippen molar-refractivity contribution in [2.45, 2.75) is 203 Å². The molecule has 26 atom stereocenters. The van der Waals surface area contributed by atoms with Crippen LogP contribution < -0.4 is 0 Å². The van der Waals surface area contributed by atoms with Crippen molar-refractivity contribution in [3.8, 4) is 0 Å². The van der Waals surface area contributed by atoms with Crippen LogP contribution in [0.25, 0.3) is 0 Å². The molecule has 3 saturated carbocycles. The molecule has 0 radical (unpaired) electrons. The summed E-state index contributed by atoms with van der Waals surface area (Å²) in [5.74, 6) is 0.0506. The first-order valence-electron chi connectivity index (χ1n) is 23.4. The van der Waals surface area contributed by atoms with Crippen molar-refractivity contribution in [2.75, 3.05) is 19.8 Å². The fourth-order valence-corrected chi connectivity index (χ4v) is 13.5. The highest BCUT2D eigenvalue weighted by Gasteiger charge is 2.68. The molecule has 4 heterocycles. The van der Waals surface area contributed by atoms with Crippen LogP contribution >= 0.6 is 0 Å². The molecule has 18 heteroatoms. The van der Waals surface area contributed by atoms with Crippen molar-refractivity contribution in [3.63, 3.8) is 0 Å². The van der Waals surface area contributed by atoms with E-state index in [0.717, 1.165) is 32.1 Å². The van der Waals surface area contributed by atoms with E-state index in [9.17, 15) is 56.2 Å². The maximum Gasteiger partial charge on any atom is 0.187 e. The second-order valence-electron chi connectivity index (χ2n) is 21.0. The lowest BCUT2D eigenvalue weighted by atomic mass is 9.47. The van der Waals surface area contributed by atoms with Crippen LogP contribution in [0.15, 0.2) is 11.6 Å². The molecule has 0 unspecified atom stereocenters. The van der Waals surface area contributed by atoms with E-state index < -0.39 is 111 Å². The number of ether oxygens (including phenoxy) is 7. The first kappa shape index (κ1) is 48.5. The monoisotopic (exact) mass is 902 g/mol. The first-order valence-corrected chi connectivity index (χ1v) is 23.4. The Bertz CT molecular complexity index is 1600. The summed E-state index contributed by atoms with van der Waals surface area (Å²) in [6, 6.07) is 0. The largest absolute Gasteiger partial charge is 0.394 e. The van der Waals surface area contributed by atoms with Crippen LogP contribution in [0.1, 0.15) is 92.4 Å². The smallest absolute Gasteiger partial charge is 0.187 e. The molecule has 18 nitrogen and oxygen atoms in total. The molecule has 362 valence electrons. The molecule has 0 spiro atoms. The molecule has 8 rings (SSSR count). The second-order valence-corrected chi connectivity index (χ2v) is 21.0. The molecule has 0 aromatic rings. The summed E-state index contributed by atoms with van der Waals surface area (Å²) in [7, 11) is 0. The van der Waals surface area contributed by atoms with Crippen molar-refractivity contribution < 1.29 is 89.3 Å². The van der Waals surface area contributed by atoms with Gasteiger partial charge in [-0.15, -0.1) is 0 Å². The van der Waals surface area contributed by atoms with Gasteiger partial charge in [-0.2, -0.15) is 0 Å². The summed E-state index contributed by atoms with van der Waals surface area (Å²) >= 11 is 0. The first-order chi connectivity index (χ1) is 29.8. The summed E-state index contributed by atoms with van der Waals surface area (Å²) in [4.78, 5) is 0. The van der Waals surface area contributed by atoms with Gasteiger partial charge in [-0.1, -0.05) is 39.3 Å². The van der Waals surface area contributed by atoms with Gasteiger partial charge in [0, 0.05) is 12.3 Å². The van der Waals surface area contributed by atoms with Crippen LogP contribution in [0.2, 0.25) is 0 Å². The predicted molar refractivity (Wildman–Crippen MR) is 218 cm³/mol. The SMILES string of the molecule is C[C@@H](CC[C@@]1(O)O[C@H]2C[C@H]3[C@@H]4CC=C5C[C@@H](O[C@@H]6O[C@H](CO)[C@H](O)[C@H](O)[C@H]6O[C@H]6O[C@@H](C)[C@H](O)[C@@H](O)[C@H]6O)CC[C@]5(C)[C@H]4CC[C@]3(C)[C@H]2[C@@H]1C)CO[C@@H]1O[C@H](CO)[C@H](O)[C@H](O)[C@H]1O. The maximum atomic E-state index is 12.0. The summed E-state index contributed by atoms with van der Waals surface area (Å²) in [5, 5.41) is 115. The van der Waals surface area contributed by atoms with Gasteiger partial charge in [0.2, 0.25) is 0 Å². The van der Waals surface area contributed by atoms with E-state index in [0.29, 0.717) is 43.4 Å². The number of fused-ring (bicyclic) bond motifs is 7. The molecule has 4 aliphatic heterocycles. The Labute approximate surface area is 369 Å². The average molecular weight is 903 g/mol. The zero-order chi connectivity index (χ0) is 45.5. The lowest BCUT2D eigenvalue weighted by molar-refractivity contribution is -0.369. The second kappa shape index (κ2) is 18.5. The van der Waals surface area contributed by atoms with Crippen LogP contribution in [0.3, 0.4) is 0 Å². The quantitative estimate of drug-likeness (QED) is 0.107. The van der Waals surface area contributed by atoms with E-state index in [2.05, 4.69) is 26.8 Å². The van der Waals surface area contributed by atoms with Crippen LogP contribution in [0, 0.1) is 46.3 Å². The van der Waals surface area contributed by atoms with E-state index in [1.807, 2.05) is 6.92 Å². The van der Waals surface area contributed by atoms with Crippen LogP contribution in [0.4, 0.5) is 0 Å². The molecule has 63 heavy (non-hydrogen) atoms. The van der Waals surface area contributed by atoms with Crippen LogP contribution in [0.5, 0.6) is 0 Å². The summed E-state index contributed by atoms with van der Waals surface area (Å²) in [6.07, 6.45) is -11.5. The molecule has 0 amide bonds. The molecular weight excluding hydrogens is 828 g/mol. The van der Waals surface area contributed by atoms with Crippen molar-refractivity contribution in [2.24, 2.45) is 46.3 Å². The van der Waals surface area contributed by atoms with E-state index in [4.69, 9.17) is 33.2 Å². The minimum absolute atomic E-state index is 0.0148. The van der Waals surface area contributed by atoms with E-state index in [-0.39, 0.29) is 47.4 Å². The normalized spacial score (nSPS) is 55.0. The Morgan fingerprint density at radius 3 is 2.10 bits per heavy atom. The highest BCUT2D eigenvalue weighted by molar-refractivity contribution is 5.26. The Hall–Kier alpha value is -0.980. The third kappa shape index (κ3) is 8.51. The van der Waals surface area contributed by atoms with Gasteiger partial charge in [0.15, 0.2) is 24.7 Å². The summed E-state index contributed by atoms with van der Waals surface area (Å²) < 4.78 is 42.1. The molecule has 4 saturated heterocycles. The summed E-state index contributed by atoms with van der Waals surface area (Å²) in [5.41, 5.74) is 1.23. The highest BCUT2D eigenvalue weighted by Crippen LogP contribution is 2.70. The standard InChI is InChI=1S/C45H74O18/c1-19(18-57-40-37(54)35(52)32(49)28(16-46)60-40)8-13-45(56)20(2)30-27(63-45)15-26-24-7-6-22-14-23(9-11-43(22,4)25(24)10-12-44(26,30)5)59-42-39(36(53)33(50)29(17-47)61-42)62-41-38(55)34(51)31(48)21(3)58-41/h6,19-21,23-42,46-56H,7-18H2,1-5H3/t19-,20-,21-,23-,24+,25-,26-,27-,28+,29+,30-,31-,32-,33-,34+,35-,36-,37+,38+,39+,40+,41+,42+,43-,44-,45+/m0/s1. The van der Waals surface area contributed by atoms with E-state index >= 15 is 0 Å².